The molecule has 120 valence electrons. The highest BCUT2D eigenvalue weighted by Gasteiger charge is 2.02. The van der Waals surface area contributed by atoms with Gasteiger partial charge in [-0.1, -0.05) is 51.5 Å². The van der Waals surface area contributed by atoms with Crippen LogP contribution in [0.25, 0.3) is 0 Å². The number of phenolic OH excluding ortho intramolecular Hbond substituents is 1. The van der Waals surface area contributed by atoms with E-state index in [0.29, 0.717) is 12.3 Å². The lowest BCUT2D eigenvalue weighted by Crippen LogP contribution is -2.14. The molecule has 0 saturated heterocycles. The van der Waals surface area contributed by atoms with Gasteiger partial charge in [0.1, 0.15) is 0 Å². The van der Waals surface area contributed by atoms with E-state index < -0.39 is 0 Å². The van der Waals surface area contributed by atoms with Crippen LogP contribution in [0.5, 0.6) is 11.5 Å². The molecule has 0 saturated carbocycles. The Balaban J connectivity index is 2.01. The first-order valence-corrected chi connectivity index (χ1v) is 7.98. The van der Waals surface area contributed by atoms with Gasteiger partial charge < -0.3 is 14.7 Å². The number of aromatic hydroxyl groups is 1. The van der Waals surface area contributed by atoms with E-state index >= 15 is 0 Å². The Morgan fingerprint density at radius 3 is 2.48 bits per heavy atom. The third kappa shape index (κ3) is 7.93. The first kappa shape index (κ1) is 17.8. The van der Waals surface area contributed by atoms with Crippen LogP contribution in [0.4, 0.5) is 0 Å². The standard InChI is InChI=1S/C17H29NO3/c1-3-4-5-6-7-8-9-12-21-18-14-15-10-11-16(19)17(13-15)20-2/h10-11,13,18-19H,3-9,12,14H2,1-2H3. The smallest absolute Gasteiger partial charge is 0.160 e. The molecule has 0 spiro atoms. The summed E-state index contributed by atoms with van der Waals surface area (Å²) in [7, 11) is 1.54. The molecule has 0 amide bonds. The lowest BCUT2D eigenvalue weighted by Gasteiger charge is -2.08. The van der Waals surface area contributed by atoms with Crippen LogP contribution < -0.4 is 10.2 Å². The van der Waals surface area contributed by atoms with Gasteiger partial charge in [0.2, 0.25) is 0 Å². The molecule has 0 atom stereocenters. The van der Waals surface area contributed by atoms with Crippen LogP contribution in [0.2, 0.25) is 0 Å². The quantitative estimate of drug-likeness (QED) is 0.449. The molecular weight excluding hydrogens is 266 g/mol. The van der Waals surface area contributed by atoms with E-state index in [1.165, 1.54) is 38.5 Å². The molecule has 4 nitrogen and oxygen atoms in total. The van der Waals surface area contributed by atoms with Gasteiger partial charge in [0, 0.05) is 6.54 Å². The van der Waals surface area contributed by atoms with Gasteiger partial charge in [-0.25, -0.2) is 0 Å². The lowest BCUT2D eigenvalue weighted by molar-refractivity contribution is 0.0340. The van der Waals surface area contributed by atoms with Crippen LogP contribution in [0, 0.1) is 0 Å². The van der Waals surface area contributed by atoms with Gasteiger partial charge in [-0.05, 0) is 24.1 Å². The van der Waals surface area contributed by atoms with Crippen molar-refractivity contribution in [2.45, 2.75) is 58.4 Å². The number of rotatable bonds is 12. The van der Waals surface area contributed by atoms with Gasteiger partial charge >= 0.3 is 0 Å². The molecule has 0 fully saturated rings. The summed E-state index contributed by atoms with van der Waals surface area (Å²) < 4.78 is 5.07. The lowest BCUT2D eigenvalue weighted by atomic mass is 10.1. The topological polar surface area (TPSA) is 50.7 Å². The molecule has 0 aliphatic rings. The largest absolute Gasteiger partial charge is 0.504 e. The molecule has 0 bridgehead atoms. The number of methoxy groups -OCH3 is 1. The average molecular weight is 295 g/mol. The second kappa shape index (κ2) is 11.4. The summed E-state index contributed by atoms with van der Waals surface area (Å²) in [6.45, 7) is 3.58. The molecule has 21 heavy (non-hydrogen) atoms. The molecule has 0 aliphatic heterocycles. The zero-order chi connectivity index (χ0) is 15.3. The second-order valence-corrected chi connectivity index (χ2v) is 5.30. The first-order valence-electron chi connectivity index (χ1n) is 7.98. The number of phenols is 1. The number of benzene rings is 1. The monoisotopic (exact) mass is 295 g/mol. The average Bonchev–Trinajstić information content (AvgIpc) is 2.50. The Labute approximate surface area is 128 Å². The van der Waals surface area contributed by atoms with Crippen LogP contribution >= 0.6 is 0 Å². The molecule has 1 rings (SSSR count). The van der Waals surface area contributed by atoms with Crippen LogP contribution in [-0.2, 0) is 11.4 Å². The zero-order valence-corrected chi connectivity index (χ0v) is 13.4. The minimum absolute atomic E-state index is 0.158. The Kier molecular flexibility index (Phi) is 9.66. The highest BCUT2D eigenvalue weighted by atomic mass is 16.6. The van der Waals surface area contributed by atoms with E-state index in [1.54, 1.807) is 19.2 Å². The summed E-state index contributed by atoms with van der Waals surface area (Å²) >= 11 is 0. The van der Waals surface area contributed by atoms with Crippen molar-refractivity contribution in [1.82, 2.24) is 5.48 Å². The normalized spacial score (nSPS) is 10.8. The fourth-order valence-electron chi connectivity index (χ4n) is 2.17. The van der Waals surface area contributed by atoms with Gasteiger partial charge in [0.05, 0.1) is 13.7 Å². The van der Waals surface area contributed by atoms with Crippen molar-refractivity contribution >= 4 is 0 Å². The fourth-order valence-corrected chi connectivity index (χ4v) is 2.17. The Morgan fingerprint density at radius 2 is 1.76 bits per heavy atom. The fraction of sp³-hybridized carbons (Fsp3) is 0.647. The molecule has 1 aromatic carbocycles. The van der Waals surface area contributed by atoms with E-state index in [1.807, 2.05) is 6.07 Å². The van der Waals surface area contributed by atoms with E-state index in [9.17, 15) is 5.11 Å². The number of ether oxygens (including phenoxy) is 1. The first-order chi connectivity index (χ1) is 10.3. The van der Waals surface area contributed by atoms with Crippen molar-refractivity contribution in [3.05, 3.63) is 23.8 Å². The number of hydrogen-bond acceptors (Lipinski definition) is 4. The summed E-state index contributed by atoms with van der Waals surface area (Å²) in [6, 6.07) is 5.29. The molecule has 4 heteroatoms. The zero-order valence-electron chi connectivity index (χ0n) is 13.4. The molecule has 1 aromatic rings. The highest BCUT2D eigenvalue weighted by molar-refractivity contribution is 5.41. The molecule has 0 unspecified atom stereocenters. The van der Waals surface area contributed by atoms with Crippen LogP contribution in [0.3, 0.4) is 0 Å². The van der Waals surface area contributed by atoms with E-state index in [0.717, 1.165) is 18.6 Å². The molecule has 0 aliphatic carbocycles. The SMILES string of the molecule is CCCCCCCCCONCc1ccc(O)c(OC)c1. The highest BCUT2D eigenvalue weighted by Crippen LogP contribution is 2.26. The Hall–Kier alpha value is -1.26. The van der Waals surface area contributed by atoms with Crippen molar-refractivity contribution in [2.75, 3.05) is 13.7 Å². The Bertz CT molecular complexity index is 382. The third-order valence-corrected chi connectivity index (χ3v) is 3.47. The van der Waals surface area contributed by atoms with Crippen molar-refractivity contribution in [1.29, 1.82) is 0 Å². The summed E-state index contributed by atoms with van der Waals surface area (Å²) in [6.07, 6.45) is 8.99. The second-order valence-electron chi connectivity index (χ2n) is 5.30. The predicted molar refractivity (Wildman–Crippen MR) is 85.4 cm³/mol. The summed E-state index contributed by atoms with van der Waals surface area (Å²) in [4.78, 5) is 5.42. The number of nitrogens with one attached hydrogen (secondary N) is 1. The van der Waals surface area contributed by atoms with E-state index in [4.69, 9.17) is 9.57 Å². The molecule has 2 N–H and O–H groups in total. The van der Waals surface area contributed by atoms with Gasteiger partial charge in [0.25, 0.3) is 0 Å². The predicted octanol–water partition coefficient (Wildman–Crippen LogP) is 4.17. The minimum Gasteiger partial charge on any atom is -0.504 e. The van der Waals surface area contributed by atoms with Gasteiger partial charge in [-0.2, -0.15) is 5.48 Å². The maximum atomic E-state index is 9.50. The van der Waals surface area contributed by atoms with Gasteiger partial charge in [-0.15, -0.1) is 0 Å². The third-order valence-electron chi connectivity index (χ3n) is 3.47. The minimum atomic E-state index is 0.158. The van der Waals surface area contributed by atoms with Crippen LogP contribution in [-0.4, -0.2) is 18.8 Å². The Morgan fingerprint density at radius 1 is 1.05 bits per heavy atom. The van der Waals surface area contributed by atoms with Crippen LogP contribution in [0.15, 0.2) is 18.2 Å². The van der Waals surface area contributed by atoms with Gasteiger partial charge in [-0.3, -0.25) is 0 Å². The number of hydroxylamine groups is 1. The van der Waals surface area contributed by atoms with Crippen molar-refractivity contribution in [2.24, 2.45) is 0 Å². The maximum Gasteiger partial charge on any atom is 0.160 e. The van der Waals surface area contributed by atoms with E-state index in [-0.39, 0.29) is 5.75 Å². The molecular formula is C17H29NO3. The van der Waals surface area contributed by atoms with Crippen molar-refractivity contribution in [3.63, 3.8) is 0 Å². The van der Waals surface area contributed by atoms with Crippen molar-refractivity contribution in [3.8, 4) is 11.5 Å². The maximum absolute atomic E-state index is 9.50. The molecule has 0 aromatic heterocycles. The molecule has 0 heterocycles. The summed E-state index contributed by atoms with van der Waals surface area (Å²) in [5, 5.41) is 9.50. The van der Waals surface area contributed by atoms with Gasteiger partial charge in [0.15, 0.2) is 11.5 Å². The number of unbranched alkanes of at least 4 members (excludes halogenated alkanes) is 6. The van der Waals surface area contributed by atoms with Crippen LogP contribution in [0.1, 0.15) is 57.4 Å². The summed E-state index contributed by atoms with van der Waals surface area (Å²) in [5.41, 5.74) is 3.96. The number of hydrogen-bond donors (Lipinski definition) is 2. The van der Waals surface area contributed by atoms with E-state index in [2.05, 4.69) is 12.4 Å². The molecule has 0 radical (unpaired) electrons. The summed E-state index contributed by atoms with van der Waals surface area (Å²) in [5.74, 6) is 0.645. The van der Waals surface area contributed by atoms with Crippen molar-refractivity contribution < 1.29 is 14.7 Å².